The molecule has 0 saturated carbocycles. The van der Waals surface area contributed by atoms with Crippen molar-refractivity contribution in [1.29, 1.82) is 0 Å². The highest BCUT2D eigenvalue weighted by Crippen LogP contribution is 2.35. The van der Waals surface area contributed by atoms with E-state index in [4.69, 9.17) is 19.3 Å². The largest absolute Gasteiger partial charge is 0.497 e. The van der Waals surface area contributed by atoms with Crippen LogP contribution in [0.3, 0.4) is 0 Å². The summed E-state index contributed by atoms with van der Waals surface area (Å²) in [6, 6.07) is 32.9. The maximum atomic E-state index is 13.8. The minimum absolute atomic E-state index is 0.0198. The molecule has 1 heterocycles. The quantitative estimate of drug-likeness (QED) is 0.120. The Balaban J connectivity index is 0.00000336. The van der Waals surface area contributed by atoms with Crippen molar-refractivity contribution in [3.63, 3.8) is 0 Å². The van der Waals surface area contributed by atoms with E-state index in [1.807, 2.05) is 62.4 Å². The minimum atomic E-state index is -4.68. The van der Waals surface area contributed by atoms with Crippen LogP contribution in [0.1, 0.15) is 84.6 Å². The summed E-state index contributed by atoms with van der Waals surface area (Å²) in [6.07, 6.45) is -5.77. The number of alkyl halides is 3. The van der Waals surface area contributed by atoms with Gasteiger partial charge in [0.05, 0.1) is 19.1 Å². The summed E-state index contributed by atoms with van der Waals surface area (Å²) in [7, 11) is 1.26. The summed E-state index contributed by atoms with van der Waals surface area (Å²) >= 11 is 0. The maximum absolute atomic E-state index is 13.8. The number of benzene rings is 5. The number of aliphatic imine (C=N–C) groups is 1. The molecule has 0 aliphatic carbocycles. The standard InChI is InChI=1S/C45H43F3N4O6.C2H6/c1-28-6-10-30(11-7-28)31-14-16-33(17-15-31)42-50-41(51-58-42)32-12-8-29(9-13-32)26-52(27-40(54)57-44(2,3)4)43(55)34-18-21-36(22-19-34)49-39(53)24-35-20-23-37(56-5)25-38(35)45(46,47)48;1-2/h6-23,25,42H,24,26-27H2,1-5H3,(H,49,53)(H,50,51);1-2H3. The van der Waals surface area contributed by atoms with E-state index in [2.05, 4.69) is 42.0 Å². The highest BCUT2D eigenvalue weighted by Gasteiger charge is 2.34. The number of anilines is 1. The van der Waals surface area contributed by atoms with E-state index in [-0.39, 0.29) is 35.7 Å². The molecule has 6 rings (SSSR count). The number of esters is 1. The van der Waals surface area contributed by atoms with Gasteiger partial charge >= 0.3 is 12.1 Å². The van der Waals surface area contributed by atoms with Crippen LogP contribution in [0.4, 0.5) is 18.9 Å². The van der Waals surface area contributed by atoms with Crippen LogP contribution in [0.15, 0.2) is 120 Å². The molecule has 1 unspecified atom stereocenters. The Morgan fingerprint density at radius 1 is 0.817 bits per heavy atom. The first kappa shape index (κ1) is 44.6. The molecular formula is C47H49F3N4O6. The number of halogens is 3. The summed E-state index contributed by atoms with van der Waals surface area (Å²) in [5.41, 5.74) is 7.20. The molecule has 2 N–H and O–H groups in total. The fraction of sp³-hybridized carbons (Fsp3) is 0.277. The Bertz CT molecular complexity index is 2290. The van der Waals surface area contributed by atoms with E-state index in [0.29, 0.717) is 5.84 Å². The maximum Gasteiger partial charge on any atom is 0.416 e. The number of carbonyl (C=O) groups excluding carboxylic acids is 3. The van der Waals surface area contributed by atoms with Gasteiger partial charge < -0.3 is 19.7 Å². The van der Waals surface area contributed by atoms with Gasteiger partial charge in [-0.2, -0.15) is 13.2 Å². The Labute approximate surface area is 348 Å². The number of amides is 2. The Morgan fingerprint density at radius 3 is 2.00 bits per heavy atom. The van der Waals surface area contributed by atoms with Crippen LogP contribution >= 0.6 is 0 Å². The van der Waals surface area contributed by atoms with Crippen molar-refractivity contribution in [2.24, 2.45) is 4.99 Å². The second-order valence-corrected chi connectivity index (χ2v) is 14.8. The van der Waals surface area contributed by atoms with E-state index >= 15 is 0 Å². The molecule has 1 atom stereocenters. The Hall–Kier alpha value is -6.47. The number of amidine groups is 1. The Kier molecular flexibility index (Phi) is 14.5. The zero-order valence-electron chi connectivity index (χ0n) is 34.6. The number of carbonyl (C=O) groups is 3. The molecule has 1 aliphatic rings. The van der Waals surface area contributed by atoms with Crippen LogP contribution in [0.2, 0.25) is 0 Å². The van der Waals surface area contributed by atoms with Gasteiger partial charge in [-0.25, -0.2) is 15.3 Å². The average Bonchev–Trinajstić information content (AvgIpc) is 3.72. The van der Waals surface area contributed by atoms with Gasteiger partial charge in [0.2, 0.25) is 12.1 Å². The minimum Gasteiger partial charge on any atom is -0.497 e. The fourth-order valence-electron chi connectivity index (χ4n) is 6.22. The van der Waals surface area contributed by atoms with Gasteiger partial charge in [-0.3, -0.25) is 14.4 Å². The molecule has 0 spiro atoms. The topological polar surface area (TPSA) is 119 Å². The summed E-state index contributed by atoms with van der Waals surface area (Å²) in [4.78, 5) is 51.4. The van der Waals surface area contributed by atoms with E-state index in [9.17, 15) is 27.6 Å². The zero-order valence-corrected chi connectivity index (χ0v) is 34.6. The number of nitrogens with one attached hydrogen (secondary N) is 2. The van der Waals surface area contributed by atoms with Crippen molar-refractivity contribution in [2.75, 3.05) is 19.0 Å². The van der Waals surface area contributed by atoms with Gasteiger partial charge in [0, 0.05) is 28.9 Å². The lowest BCUT2D eigenvalue weighted by Crippen LogP contribution is -2.38. The van der Waals surface area contributed by atoms with Crippen LogP contribution in [-0.2, 0) is 38.3 Å². The van der Waals surface area contributed by atoms with Gasteiger partial charge in [-0.15, -0.1) is 0 Å². The second-order valence-electron chi connectivity index (χ2n) is 14.8. The van der Waals surface area contributed by atoms with Gasteiger partial charge in [0.1, 0.15) is 17.9 Å². The molecule has 314 valence electrons. The molecule has 0 radical (unpaired) electrons. The lowest BCUT2D eigenvalue weighted by molar-refractivity contribution is -0.155. The first-order chi connectivity index (χ1) is 28.5. The third-order valence-corrected chi connectivity index (χ3v) is 9.11. The normalized spacial score (nSPS) is 13.6. The molecule has 10 nitrogen and oxygen atoms in total. The molecule has 0 bridgehead atoms. The SMILES string of the molecule is CC.COc1ccc(CC(=O)Nc2ccc(C(=O)N(CC(=O)OC(C)(C)C)Cc3ccc(C4=NC(c5ccc(-c6ccc(C)cc6)cc5)ON4)cc3)cc2)c(C(F)(F)F)c1. The molecule has 1 aliphatic heterocycles. The van der Waals surface area contributed by atoms with Crippen LogP contribution in [0.25, 0.3) is 11.1 Å². The number of hydrogen-bond donors (Lipinski definition) is 2. The number of hydroxylamine groups is 1. The summed E-state index contributed by atoms with van der Waals surface area (Å²) in [5.74, 6) is -1.20. The van der Waals surface area contributed by atoms with Crippen molar-refractivity contribution < 1.29 is 41.9 Å². The highest BCUT2D eigenvalue weighted by molar-refractivity contribution is 5.99. The summed E-state index contributed by atoms with van der Waals surface area (Å²) in [6.45, 7) is 11.0. The van der Waals surface area contributed by atoms with E-state index in [1.54, 1.807) is 20.8 Å². The number of rotatable bonds is 12. The predicted octanol–water partition coefficient (Wildman–Crippen LogP) is 9.86. The number of ether oxygens (including phenoxy) is 2. The molecule has 5 aromatic carbocycles. The molecule has 0 fully saturated rings. The summed E-state index contributed by atoms with van der Waals surface area (Å²) in [5, 5.41) is 2.58. The fourth-order valence-corrected chi connectivity index (χ4v) is 6.22. The zero-order chi connectivity index (χ0) is 43.6. The second kappa shape index (κ2) is 19.5. The third-order valence-electron chi connectivity index (χ3n) is 9.11. The number of nitrogens with zero attached hydrogens (tertiary/aromatic N) is 2. The van der Waals surface area contributed by atoms with Crippen LogP contribution in [0, 0.1) is 6.92 Å². The highest BCUT2D eigenvalue weighted by atomic mass is 19.4. The molecule has 2 amide bonds. The molecule has 60 heavy (non-hydrogen) atoms. The van der Waals surface area contributed by atoms with Crippen LogP contribution < -0.4 is 15.5 Å². The predicted molar refractivity (Wildman–Crippen MR) is 225 cm³/mol. The smallest absolute Gasteiger partial charge is 0.416 e. The number of hydrogen-bond acceptors (Lipinski definition) is 8. The van der Waals surface area contributed by atoms with Crippen molar-refractivity contribution >= 4 is 29.3 Å². The molecule has 0 aromatic heterocycles. The third kappa shape index (κ3) is 12.0. The molecular weight excluding hydrogens is 774 g/mol. The lowest BCUT2D eigenvalue weighted by atomic mass is 10.0. The van der Waals surface area contributed by atoms with E-state index in [1.165, 1.54) is 54.0 Å². The van der Waals surface area contributed by atoms with Gasteiger partial charge in [-0.1, -0.05) is 98.3 Å². The van der Waals surface area contributed by atoms with Crippen LogP contribution in [0.5, 0.6) is 5.75 Å². The van der Waals surface area contributed by atoms with Crippen molar-refractivity contribution in [1.82, 2.24) is 10.4 Å². The number of aryl methyl sites for hydroxylation is 1. The molecule has 0 saturated heterocycles. The molecule has 5 aromatic rings. The number of methoxy groups -OCH3 is 1. The van der Waals surface area contributed by atoms with Gasteiger partial charge in [0.25, 0.3) is 5.91 Å². The monoisotopic (exact) mass is 822 g/mol. The first-order valence-corrected chi connectivity index (χ1v) is 19.5. The Morgan fingerprint density at radius 2 is 1.42 bits per heavy atom. The van der Waals surface area contributed by atoms with Crippen LogP contribution in [-0.4, -0.2) is 47.8 Å². The van der Waals surface area contributed by atoms with Crippen molar-refractivity contribution in [2.45, 2.75) is 72.5 Å². The summed E-state index contributed by atoms with van der Waals surface area (Å²) < 4.78 is 51.4. The van der Waals surface area contributed by atoms with Crippen molar-refractivity contribution in [3.8, 4) is 16.9 Å². The lowest BCUT2D eigenvalue weighted by Gasteiger charge is -2.25. The van der Waals surface area contributed by atoms with Crippen molar-refractivity contribution in [3.05, 3.63) is 154 Å². The van der Waals surface area contributed by atoms with E-state index < -0.39 is 47.8 Å². The van der Waals surface area contributed by atoms with Gasteiger partial charge in [-0.05, 0) is 86.3 Å². The van der Waals surface area contributed by atoms with Gasteiger partial charge in [0.15, 0.2) is 5.84 Å². The average molecular weight is 823 g/mol. The molecule has 13 heteroatoms. The van der Waals surface area contributed by atoms with E-state index in [0.717, 1.165) is 33.9 Å². The first-order valence-electron chi connectivity index (χ1n) is 19.5.